The Morgan fingerprint density at radius 3 is 3.15 bits per heavy atom. The van der Waals surface area contributed by atoms with Crippen LogP contribution in [0, 0.1) is 5.82 Å². The molecule has 5 heteroatoms. The van der Waals surface area contributed by atoms with Crippen LogP contribution < -0.4 is 10.5 Å². The Morgan fingerprint density at radius 2 is 2.46 bits per heavy atom. The number of methoxy groups -OCH3 is 1. The lowest BCUT2D eigenvalue weighted by molar-refractivity contribution is 0.387. The summed E-state index contributed by atoms with van der Waals surface area (Å²) in [7, 11) is 1.37. The van der Waals surface area contributed by atoms with Gasteiger partial charge in [-0.25, -0.2) is 9.38 Å². The van der Waals surface area contributed by atoms with Gasteiger partial charge in [0.2, 0.25) is 0 Å². The molecule has 0 saturated carbocycles. The minimum atomic E-state index is -1.35. The van der Waals surface area contributed by atoms with Crippen molar-refractivity contribution < 1.29 is 9.13 Å². The Bertz CT molecular complexity index is 424. The van der Waals surface area contributed by atoms with Crippen molar-refractivity contribution in [2.75, 3.05) is 7.11 Å². The Kier molecular flexibility index (Phi) is 1.62. The fraction of sp³-hybridized carbons (Fsp3) is 0.125. The van der Waals surface area contributed by atoms with Crippen LogP contribution in [-0.2, 0) is 0 Å². The number of fused-ring (bicyclic) bond motifs is 1. The van der Waals surface area contributed by atoms with Crippen LogP contribution in [0.15, 0.2) is 22.0 Å². The number of amidine groups is 1. The van der Waals surface area contributed by atoms with Crippen LogP contribution in [0.25, 0.3) is 0 Å². The number of halogens is 1. The third kappa shape index (κ3) is 1.25. The zero-order valence-corrected chi connectivity index (χ0v) is 7.81. The lowest BCUT2D eigenvalue weighted by Crippen LogP contribution is -2.00. The lowest BCUT2D eigenvalue weighted by atomic mass is 10.3. The normalized spacial score (nSPS) is 23.4. The molecule has 0 spiro atoms. The summed E-state index contributed by atoms with van der Waals surface area (Å²) in [6.07, 6.45) is 0. The van der Waals surface area contributed by atoms with Crippen molar-refractivity contribution in [2.45, 2.75) is 4.90 Å². The fourth-order valence-electron chi connectivity index (χ4n) is 1.19. The highest BCUT2D eigenvalue weighted by molar-refractivity contribution is 8.14. The lowest BCUT2D eigenvalue weighted by Gasteiger charge is -2.05. The molecule has 0 amide bonds. The summed E-state index contributed by atoms with van der Waals surface area (Å²) in [5, 5.41) is 0.235. The van der Waals surface area contributed by atoms with Crippen LogP contribution in [0.2, 0.25) is 0 Å². The molecule has 1 heterocycles. The summed E-state index contributed by atoms with van der Waals surface area (Å²) in [5.41, 5.74) is 5.88. The first-order valence-electron chi connectivity index (χ1n) is 4.09. The molecule has 0 saturated heterocycles. The van der Waals surface area contributed by atoms with Gasteiger partial charge in [-0.3, -0.25) is 0 Å². The van der Waals surface area contributed by atoms with Crippen LogP contribution in [0.4, 0.5) is 10.1 Å². The number of hydrogen-bond acceptors (Lipinski definition) is 3. The van der Waals surface area contributed by atoms with Crippen LogP contribution in [0.3, 0.4) is 0 Å². The summed E-state index contributed by atoms with van der Waals surface area (Å²) in [6.45, 7) is 0. The maximum Gasteiger partial charge on any atom is 0.181 e. The molecule has 0 radical (unpaired) electrons. The van der Waals surface area contributed by atoms with E-state index in [1.165, 1.54) is 19.2 Å². The van der Waals surface area contributed by atoms with E-state index in [0.717, 1.165) is 0 Å². The van der Waals surface area contributed by atoms with Crippen molar-refractivity contribution in [1.82, 2.24) is 0 Å². The van der Waals surface area contributed by atoms with Gasteiger partial charge in [0.05, 0.1) is 8.23 Å². The van der Waals surface area contributed by atoms with Crippen LogP contribution in [0.5, 0.6) is 5.75 Å². The topological polar surface area (TPSA) is 47.6 Å². The highest BCUT2D eigenvalue weighted by atomic mass is 32.2. The van der Waals surface area contributed by atoms with Gasteiger partial charge in [-0.15, -0.1) is 0 Å². The number of aliphatic imine (C=N–C) groups is 1. The summed E-state index contributed by atoms with van der Waals surface area (Å²) < 4.78 is 25.8. The van der Waals surface area contributed by atoms with Crippen molar-refractivity contribution >= 4 is 22.5 Å². The van der Waals surface area contributed by atoms with Gasteiger partial charge in [0.1, 0.15) is 10.9 Å². The van der Waals surface area contributed by atoms with Crippen LogP contribution >= 0.6 is 11.7 Å². The molecule has 13 heavy (non-hydrogen) atoms. The number of hydrogen-bond donors (Lipinski definition) is 1. The van der Waals surface area contributed by atoms with Crippen molar-refractivity contribution in [3.63, 3.8) is 0 Å². The molecule has 1 aromatic rings. The molecule has 1 aliphatic rings. The van der Waals surface area contributed by atoms with Crippen molar-refractivity contribution in [1.29, 1.82) is 1.12 Å². The second-order valence-electron chi connectivity index (χ2n) is 2.53. The Labute approximate surface area is 79.9 Å². The van der Waals surface area contributed by atoms with Gasteiger partial charge in [-0.2, -0.15) is 11.7 Å². The van der Waals surface area contributed by atoms with E-state index < -0.39 is 17.5 Å². The van der Waals surface area contributed by atoms with Gasteiger partial charge in [-0.05, 0) is 12.1 Å². The zero-order chi connectivity index (χ0) is 10.3. The van der Waals surface area contributed by atoms with E-state index in [0.29, 0.717) is 10.6 Å². The standard InChI is InChI=1S/C8H9FN2OS/c1-12-7-4(9)2-3-5-6(7)11-8(10)13-5/h2-3H,13H2,1H3,(H2,10,11)/i13D. The Hall–Kier alpha value is -1.23. The predicted octanol–water partition coefficient (Wildman–Crippen LogP) is 1.35. The fourth-order valence-corrected chi connectivity index (χ4v) is 1.99. The molecule has 3 nitrogen and oxygen atoms in total. The Morgan fingerprint density at radius 1 is 1.69 bits per heavy atom. The molecule has 1 atom stereocenters. The van der Waals surface area contributed by atoms with Gasteiger partial charge in [0.15, 0.2) is 11.6 Å². The molecule has 2 rings (SSSR count). The van der Waals surface area contributed by atoms with E-state index in [1.807, 2.05) is 0 Å². The smallest absolute Gasteiger partial charge is 0.181 e. The third-order valence-electron chi connectivity index (χ3n) is 1.73. The molecule has 0 aromatic heterocycles. The van der Waals surface area contributed by atoms with Crippen molar-refractivity contribution in [3.8, 4) is 5.75 Å². The number of nitrogens with two attached hydrogens (primary N) is 1. The highest BCUT2D eigenvalue weighted by Crippen LogP contribution is 2.44. The number of benzene rings is 1. The number of nitrogens with zero attached hydrogens (tertiary/aromatic N) is 1. The maximum absolute atomic E-state index is 13.2. The SMILES string of the molecule is [2H][SH]1C(N)=Nc2c1ccc(F)c2OC. The average molecular weight is 201 g/mol. The third-order valence-corrected chi connectivity index (χ3v) is 2.66. The molecule has 0 aliphatic carbocycles. The van der Waals surface area contributed by atoms with Crippen molar-refractivity contribution in [2.24, 2.45) is 10.7 Å². The van der Waals surface area contributed by atoms with Crippen molar-refractivity contribution in [3.05, 3.63) is 17.9 Å². The van der Waals surface area contributed by atoms with Gasteiger partial charge >= 0.3 is 0 Å². The van der Waals surface area contributed by atoms with E-state index in [1.54, 1.807) is 0 Å². The summed E-state index contributed by atoms with van der Waals surface area (Å²) in [5.74, 6) is -0.407. The van der Waals surface area contributed by atoms with E-state index >= 15 is 0 Å². The number of rotatable bonds is 1. The van der Waals surface area contributed by atoms with E-state index in [-0.39, 0.29) is 10.9 Å². The minimum Gasteiger partial charge on any atom is -0.491 e. The summed E-state index contributed by atoms with van der Waals surface area (Å²) in [4.78, 5) is 4.58. The van der Waals surface area contributed by atoms with Gasteiger partial charge in [-0.1, -0.05) is 0 Å². The van der Waals surface area contributed by atoms with E-state index in [4.69, 9.17) is 11.6 Å². The molecule has 0 fully saturated rings. The van der Waals surface area contributed by atoms with Crippen LogP contribution in [-0.4, -0.2) is 13.4 Å². The maximum atomic E-state index is 13.2. The van der Waals surface area contributed by atoms with E-state index in [2.05, 4.69) is 4.99 Å². The largest absolute Gasteiger partial charge is 0.491 e. The first-order valence-corrected chi connectivity index (χ1v) is 4.54. The summed E-state index contributed by atoms with van der Waals surface area (Å²) >= 11 is -1.35. The molecular formula is C8H9FN2OS. The van der Waals surface area contributed by atoms with Crippen LogP contribution in [0.1, 0.15) is 0 Å². The predicted molar refractivity (Wildman–Crippen MR) is 52.9 cm³/mol. The van der Waals surface area contributed by atoms with Gasteiger partial charge in [0.25, 0.3) is 0 Å². The van der Waals surface area contributed by atoms with Gasteiger partial charge < -0.3 is 10.5 Å². The zero-order valence-electron chi connectivity index (χ0n) is 7.91. The molecule has 1 unspecified atom stereocenters. The minimum absolute atomic E-state index is 0.0719. The molecule has 1 aromatic carbocycles. The van der Waals surface area contributed by atoms with Gasteiger partial charge in [0, 0.05) is 4.90 Å². The monoisotopic (exact) mass is 201 g/mol. The second kappa shape index (κ2) is 2.92. The van der Waals surface area contributed by atoms with E-state index in [9.17, 15) is 4.39 Å². The first kappa shape index (κ1) is 7.20. The molecule has 70 valence electrons. The highest BCUT2D eigenvalue weighted by Gasteiger charge is 2.18. The average Bonchev–Trinajstić information content (AvgIpc) is 2.43. The molecule has 2 N–H and O–H groups in total. The Balaban J connectivity index is 2.65. The molecule has 0 bridgehead atoms. The second-order valence-corrected chi connectivity index (χ2v) is 3.69. The molecule has 1 aliphatic heterocycles. The molecular weight excluding hydrogens is 191 g/mol. The summed E-state index contributed by atoms with van der Waals surface area (Å²) in [6, 6.07) is 2.81. The number of ether oxygens (including phenoxy) is 1. The quantitative estimate of drug-likeness (QED) is 0.745. The first-order chi connectivity index (χ1) is 6.65.